The van der Waals surface area contributed by atoms with Crippen LogP contribution in [0.2, 0.25) is 0 Å². The number of aromatic nitrogens is 1. The van der Waals surface area contributed by atoms with Crippen molar-refractivity contribution in [3.63, 3.8) is 0 Å². The highest BCUT2D eigenvalue weighted by molar-refractivity contribution is 5.79. The monoisotopic (exact) mass is 412 g/mol. The van der Waals surface area contributed by atoms with Gasteiger partial charge < -0.3 is 5.32 Å². The molecule has 0 saturated heterocycles. The molecule has 0 saturated carbocycles. The molecule has 1 aromatic heterocycles. The molecule has 1 heterocycles. The number of nitrogens with zero attached hydrogens (tertiary/aromatic N) is 1. The van der Waals surface area contributed by atoms with Crippen molar-refractivity contribution in [3.05, 3.63) is 101 Å². The lowest BCUT2D eigenvalue weighted by Crippen LogP contribution is -2.50. The van der Waals surface area contributed by atoms with Crippen molar-refractivity contribution in [2.75, 3.05) is 0 Å². The summed E-state index contributed by atoms with van der Waals surface area (Å²) in [6, 6.07) is 19.6. The predicted molar refractivity (Wildman–Crippen MR) is 110 cm³/mol. The van der Waals surface area contributed by atoms with E-state index in [-0.39, 0.29) is 18.2 Å². The van der Waals surface area contributed by atoms with E-state index in [9.17, 15) is 18.0 Å². The number of carbonyl (C=O) groups excluding carboxylic acids is 1. The number of alkyl halides is 3. The maximum absolute atomic E-state index is 13.5. The third-order valence-electron chi connectivity index (χ3n) is 4.96. The minimum Gasteiger partial charge on any atom is -0.340 e. The van der Waals surface area contributed by atoms with E-state index in [0.717, 1.165) is 17.7 Å². The van der Waals surface area contributed by atoms with Crippen LogP contribution in [0.1, 0.15) is 36.2 Å². The van der Waals surface area contributed by atoms with Crippen LogP contribution in [0.25, 0.3) is 0 Å². The molecular weight excluding hydrogens is 389 g/mol. The Labute approximate surface area is 174 Å². The van der Waals surface area contributed by atoms with Crippen LogP contribution in [0.3, 0.4) is 0 Å². The summed E-state index contributed by atoms with van der Waals surface area (Å²) in [5, 5.41) is 3.02. The highest BCUT2D eigenvalue weighted by atomic mass is 19.4. The fourth-order valence-electron chi connectivity index (χ4n) is 3.35. The van der Waals surface area contributed by atoms with Gasteiger partial charge in [0, 0.05) is 18.5 Å². The average molecular weight is 412 g/mol. The highest BCUT2D eigenvalue weighted by Gasteiger charge is 2.40. The lowest BCUT2D eigenvalue weighted by atomic mass is 9.79. The molecule has 0 spiro atoms. The van der Waals surface area contributed by atoms with Crippen molar-refractivity contribution in [1.82, 2.24) is 10.3 Å². The van der Waals surface area contributed by atoms with Gasteiger partial charge in [-0.1, -0.05) is 62.4 Å². The molecular formula is C24H23F3N2O. The molecule has 3 nitrogen and oxygen atoms in total. The van der Waals surface area contributed by atoms with Gasteiger partial charge in [0.25, 0.3) is 0 Å². The second-order valence-corrected chi connectivity index (χ2v) is 7.51. The zero-order valence-corrected chi connectivity index (χ0v) is 16.8. The van der Waals surface area contributed by atoms with Gasteiger partial charge >= 0.3 is 6.18 Å². The first kappa shape index (κ1) is 21.6. The van der Waals surface area contributed by atoms with Gasteiger partial charge in [-0.05, 0) is 35.4 Å². The molecule has 2 aromatic carbocycles. The summed E-state index contributed by atoms with van der Waals surface area (Å²) in [5.74, 6) is -0.622. The minimum absolute atomic E-state index is 0.255. The maximum Gasteiger partial charge on any atom is 0.416 e. The summed E-state index contributed by atoms with van der Waals surface area (Å²) < 4.78 is 40.4. The van der Waals surface area contributed by atoms with Crippen molar-refractivity contribution in [2.24, 2.45) is 5.92 Å². The van der Waals surface area contributed by atoms with E-state index in [1.54, 1.807) is 44.3 Å². The van der Waals surface area contributed by atoms with Gasteiger partial charge in [0.1, 0.15) is 5.54 Å². The van der Waals surface area contributed by atoms with Crippen LogP contribution >= 0.6 is 0 Å². The summed E-state index contributed by atoms with van der Waals surface area (Å²) >= 11 is 0. The first-order chi connectivity index (χ1) is 14.2. The Balaban J connectivity index is 2.25. The molecule has 3 rings (SSSR count). The Bertz CT molecular complexity index is 988. The van der Waals surface area contributed by atoms with Gasteiger partial charge in [-0.25, -0.2) is 0 Å². The number of hydrogen-bond acceptors (Lipinski definition) is 2. The zero-order valence-electron chi connectivity index (χ0n) is 16.8. The first-order valence-electron chi connectivity index (χ1n) is 9.67. The Morgan fingerprint density at radius 2 is 1.60 bits per heavy atom. The van der Waals surface area contributed by atoms with Crippen LogP contribution in [0, 0.1) is 5.92 Å². The lowest BCUT2D eigenvalue weighted by Gasteiger charge is -2.36. The number of carbonyl (C=O) groups is 1. The van der Waals surface area contributed by atoms with E-state index in [1.807, 2.05) is 30.3 Å². The average Bonchev–Trinajstić information content (AvgIpc) is 2.74. The molecule has 30 heavy (non-hydrogen) atoms. The van der Waals surface area contributed by atoms with E-state index in [4.69, 9.17) is 0 Å². The van der Waals surface area contributed by atoms with Crippen LogP contribution in [0.15, 0.2) is 79.0 Å². The van der Waals surface area contributed by atoms with E-state index in [2.05, 4.69) is 10.3 Å². The Hall–Kier alpha value is -3.15. The third kappa shape index (κ3) is 4.70. The van der Waals surface area contributed by atoms with Crippen molar-refractivity contribution < 1.29 is 18.0 Å². The molecule has 0 aliphatic heterocycles. The van der Waals surface area contributed by atoms with Crippen molar-refractivity contribution in [1.29, 1.82) is 0 Å². The van der Waals surface area contributed by atoms with Crippen molar-refractivity contribution in [2.45, 2.75) is 32.0 Å². The number of benzene rings is 2. The largest absolute Gasteiger partial charge is 0.416 e. The van der Waals surface area contributed by atoms with Crippen LogP contribution < -0.4 is 5.32 Å². The van der Waals surface area contributed by atoms with Crippen LogP contribution in [-0.4, -0.2) is 10.9 Å². The Morgan fingerprint density at radius 3 is 2.20 bits per heavy atom. The smallest absolute Gasteiger partial charge is 0.340 e. The molecule has 1 unspecified atom stereocenters. The number of pyridine rings is 1. The molecule has 1 amide bonds. The first-order valence-corrected chi connectivity index (χ1v) is 9.67. The lowest BCUT2D eigenvalue weighted by molar-refractivity contribution is -0.137. The van der Waals surface area contributed by atoms with Gasteiger partial charge in [0.2, 0.25) is 5.91 Å². The van der Waals surface area contributed by atoms with E-state index in [1.165, 1.54) is 6.07 Å². The second-order valence-electron chi connectivity index (χ2n) is 7.51. The molecule has 0 bridgehead atoms. The Kier molecular flexibility index (Phi) is 6.25. The van der Waals surface area contributed by atoms with E-state index < -0.39 is 17.3 Å². The van der Waals surface area contributed by atoms with Gasteiger partial charge in [-0.2, -0.15) is 13.2 Å². The highest BCUT2D eigenvalue weighted by Crippen LogP contribution is 2.37. The Morgan fingerprint density at radius 1 is 0.933 bits per heavy atom. The second kappa shape index (κ2) is 8.69. The van der Waals surface area contributed by atoms with Gasteiger partial charge in [0.15, 0.2) is 0 Å². The number of rotatable bonds is 6. The van der Waals surface area contributed by atoms with Crippen molar-refractivity contribution in [3.8, 4) is 0 Å². The standard InChI is InChI=1S/C24H23F3N2O/c1-17(2)22(30)29-23(21-13-6-7-14-28-21,16-18-9-4-3-5-10-18)19-11-8-12-20(15-19)24(25,26)27/h3-15,17H,16H2,1-2H3,(H,29,30). The third-order valence-corrected chi connectivity index (χ3v) is 4.96. The normalized spacial score (nSPS) is 13.7. The van der Waals surface area contributed by atoms with Gasteiger partial charge in [0.05, 0.1) is 11.3 Å². The molecule has 1 N–H and O–H groups in total. The number of hydrogen-bond donors (Lipinski definition) is 1. The predicted octanol–water partition coefficient (Wildman–Crippen LogP) is 5.36. The van der Waals surface area contributed by atoms with Gasteiger partial charge in [-0.3, -0.25) is 9.78 Å². The molecule has 1 atom stereocenters. The van der Waals surface area contributed by atoms with Crippen LogP contribution in [0.5, 0.6) is 0 Å². The molecule has 0 aliphatic rings. The summed E-state index contributed by atoms with van der Waals surface area (Å²) in [4.78, 5) is 17.2. The quantitative estimate of drug-likeness (QED) is 0.592. The molecule has 0 radical (unpaired) electrons. The summed E-state index contributed by atoms with van der Waals surface area (Å²) in [6.45, 7) is 3.49. The molecule has 6 heteroatoms. The summed E-state index contributed by atoms with van der Waals surface area (Å²) in [7, 11) is 0. The molecule has 3 aromatic rings. The van der Waals surface area contributed by atoms with Gasteiger partial charge in [-0.15, -0.1) is 0 Å². The molecule has 0 fully saturated rings. The molecule has 0 aliphatic carbocycles. The summed E-state index contributed by atoms with van der Waals surface area (Å²) in [6.07, 6.45) is -2.67. The fourth-order valence-corrected chi connectivity index (χ4v) is 3.35. The number of nitrogens with one attached hydrogen (secondary N) is 1. The number of halogens is 3. The van der Waals surface area contributed by atoms with Crippen molar-refractivity contribution >= 4 is 5.91 Å². The van der Waals surface area contributed by atoms with Crippen LogP contribution in [-0.2, 0) is 22.9 Å². The zero-order chi connectivity index (χ0) is 21.8. The minimum atomic E-state index is -4.50. The van der Waals surface area contributed by atoms with Crippen LogP contribution in [0.4, 0.5) is 13.2 Å². The fraction of sp³-hybridized carbons (Fsp3) is 0.250. The SMILES string of the molecule is CC(C)C(=O)NC(Cc1ccccc1)(c1cccc(C(F)(F)F)c1)c1ccccn1. The molecule has 156 valence electrons. The summed E-state index contributed by atoms with van der Waals surface area (Å²) in [5.41, 5.74) is -0.363. The van der Waals surface area contributed by atoms with E-state index >= 15 is 0 Å². The topological polar surface area (TPSA) is 42.0 Å². The number of amides is 1. The van der Waals surface area contributed by atoms with E-state index in [0.29, 0.717) is 11.3 Å². The maximum atomic E-state index is 13.5.